The molecular formula is C19H20N4OS. The summed E-state index contributed by atoms with van der Waals surface area (Å²) in [7, 11) is 0. The van der Waals surface area contributed by atoms with E-state index in [-0.39, 0.29) is 5.91 Å². The molecule has 0 aliphatic carbocycles. The predicted octanol–water partition coefficient (Wildman–Crippen LogP) is 3.22. The lowest BCUT2D eigenvalue weighted by Crippen LogP contribution is -2.48. The van der Waals surface area contributed by atoms with E-state index in [1.165, 1.54) is 0 Å². The molecule has 2 aromatic heterocycles. The lowest BCUT2D eigenvalue weighted by Gasteiger charge is -2.35. The average Bonchev–Trinajstić information content (AvgIpc) is 3.12. The zero-order valence-corrected chi connectivity index (χ0v) is 15.0. The van der Waals surface area contributed by atoms with E-state index in [0.717, 1.165) is 59.1 Å². The van der Waals surface area contributed by atoms with Gasteiger partial charge in [-0.15, -0.1) is 11.3 Å². The first-order chi connectivity index (χ1) is 12.2. The Morgan fingerprint density at radius 1 is 1.12 bits per heavy atom. The van der Waals surface area contributed by atoms with Crippen LogP contribution in [0.1, 0.15) is 22.3 Å². The van der Waals surface area contributed by atoms with Crippen molar-refractivity contribution in [2.45, 2.75) is 13.3 Å². The summed E-state index contributed by atoms with van der Waals surface area (Å²) in [6.07, 6.45) is 2.53. The Kier molecular flexibility index (Phi) is 4.36. The largest absolute Gasteiger partial charge is 0.353 e. The van der Waals surface area contributed by atoms with Crippen LogP contribution >= 0.6 is 11.3 Å². The Balaban J connectivity index is 1.45. The number of carbonyl (C=O) groups is 1. The van der Waals surface area contributed by atoms with Crippen molar-refractivity contribution in [1.29, 1.82) is 0 Å². The molecule has 3 aromatic rings. The van der Waals surface area contributed by atoms with Gasteiger partial charge in [0.2, 0.25) is 0 Å². The SMILES string of the molecule is CCc1cc(N2CCN(C(=O)c3cc4ccccc4s3)CC2)ncn1. The third kappa shape index (κ3) is 3.22. The minimum Gasteiger partial charge on any atom is -0.353 e. The number of amides is 1. The second kappa shape index (κ2) is 6.80. The number of nitrogens with zero attached hydrogens (tertiary/aromatic N) is 4. The van der Waals surface area contributed by atoms with Gasteiger partial charge in [-0.3, -0.25) is 4.79 Å². The lowest BCUT2D eigenvalue weighted by molar-refractivity contribution is 0.0751. The first-order valence-corrected chi connectivity index (χ1v) is 9.40. The number of piperazine rings is 1. The highest BCUT2D eigenvalue weighted by Gasteiger charge is 2.24. The molecule has 25 heavy (non-hydrogen) atoms. The molecule has 0 spiro atoms. The summed E-state index contributed by atoms with van der Waals surface area (Å²) in [5.74, 6) is 1.10. The van der Waals surface area contributed by atoms with Gasteiger partial charge < -0.3 is 9.80 Å². The molecule has 1 fully saturated rings. The van der Waals surface area contributed by atoms with Crippen LogP contribution in [0.4, 0.5) is 5.82 Å². The first kappa shape index (κ1) is 16.0. The third-order valence-electron chi connectivity index (χ3n) is 4.60. The number of fused-ring (bicyclic) bond motifs is 1. The van der Waals surface area contributed by atoms with Crippen LogP contribution in [0.25, 0.3) is 10.1 Å². The average molecular weight is 352 g/mol. The highest BCUT2D eigenvalue weighted by molar-refractivity contribution is 7.20. The summed E-state index contributed by atoms with van der Waals surface area (Å²) in [6.45, 7) is 5.14. The van der Waals surface area contributed by atoms with Crippen molar-refractivity contribution in [2.75, 3.05) is 31.1 Å². The fraction of sp³-hybridized carbons (Fsp3) is 0.316. The molecule has 0 radical (unpaired) electrons. The van der Waals surface area contributed by atoms with Gasteiger partial charge in [-0.25, -0.2) is 9.97 Å². The Bertz CT molecular complexity index is 866. The van der Waals surface area contributed by atoms with Gasteiger partial charge in [0, 0.05) is 42.6 Å². The fourth-order valence-electron chi connectivity index (χ4n) is 3.13. The molecule has 1 amide bonds. The second-order valence-corrected chi connectivity index (χ2v) is 7.23. The highest BCUT2D eigenvalue weighted by atomic mass is 32.1. The molecule has 1 aromatic carbocycles. The quantitative estimate of drug-likeness (QED) is 0.726. The zero-order valence-electron chi connectivity index (χ0n) is 14.2. The molecule has 1 aliphatic rings. The second-order valence-electron chi connectivity index (χ2n) is 6.15. The van der Waals surface area contributed by atoms with Crippen molar-refractivity contribution in [3.63, 3.8) is 0 Å². The van der Waals surface area contributed by atoms with Crippen molar-refractivity contribution >= 4 is 33.1 Å². The van der Waals surface area contributed by atoms with Gasteiger partial charge in [0.05, 0.1) is 4.88 Å². The number of hydrogen-bond acceptors (Lipinski definition) is 5. The van der Waals surface area contributed by atoms with E-state index in [1.54, 1.807) is 17.7 Å². The van der Waals surface area contributed by atoms with Crippen LogP contribution in [0, 0.1) is 0 Å². The lowest BCUT2D eigenvalue weighted by atomic mass is 10.2. The van der Waals surface area contributed by atoms with Crippen molar-refractivity contribution in [2.24, 2.45) is 0 Å². The van der Waals surface area contributed by atoms with E-state index in [2.05, 4.69) is 33.9 Å². The predicted molar refractivity (Wildman–Crippen MR) is 101 cm³/mol. The van der Waals surface area contributed by atoms with Gasteiger partial charge in [-0.05, 0) is 23.9 Å². The number of carbonyl (C=O) groups excluding carboxylic acids is 1. The molecule has 4 rings (SSSR count). The molecule has 3 heterocycles. The number of benzene rings is 1. The van der Waals surface area contributed by atoms with Crippen molar-refractivity contribution in [1.82, 2.24) is 14.9 Å². The van der Waals surface area contributed by atoms with E-state index >= 15 is 0 Å². The topological polar surface area (TPSA) is 49.3 Å². The minimum atomic E-state index is 0.137. The maximum absolute atomic E-state index is 12.8. The summed E-state index contributed by atoms with van der Waals surface area (Å²) in [6, 6.07) is 12.2. The van der Waals surface area contributed by atoms with Gasteiger partial charge in [0.1, 0.15) is 12.1 Å². The van der Waals surface area contributed by atoms with E-state index in [1.807, 2.05) is 29.2 Å². The summed E-state index contributed by atoms with van der Waals surface area (Å²) < 4.78 is 1.16. The van der Waals surface area contributed by atoms with E-state index in [9.17, 15) is 4.79 Å². The van der Waals surface area contributed by atoms with Crippen LogP contribution in [0.2, 0.25) is 0 Å². The Labute approximate surface area is 150 Å². The number of hydrogen-bond donors (Lipinski definition) is 0. The fourth-order valence-corrected chi connectivity index (χ4v) is 4.16. The Morgan fingerprint density at radius 3 is 2.68 bits per heavy atom. The molecule has 1 aliphatic heterocycles. The molecule has 0 unspecified atom stereocenters. The van der Waals surface area contributed by atoms with E-state index < -0.39 is 0 Å². The molecule has 6 heteroatoms. The van der Waals surface area contributed by atoms with Crippen LogP contribution in [0.5, 0.6) is 0 Å². The number of anilines is 1. The monoisotopic (exact) mass is 352 g/mol. The molecular weight excluding hydrogens is 332 g/mol. The van der Waals surface area contributed by atoms with Crippen LogP contribution in [0.15, 0.2) is 42.7 Å². The summed E-state index contributed by atoms with van der Waals surface area (Å²) in [4.78, 5) is 26.4. The first-order valence-electron chi connectivity index (χ1n) is 8.58. The van der Waals surface area contributed by atoms with Crippen LogP contribution < -0.4 is 4.90 Å². The van der Waals surface area contributed by atoms with Crippen LogP contribution in [0.3, 0.4) is 0 Å². The summed E-state index contributed by atoms with van der Waals surface area (Å²) in [5, 5.41) is 1.14. The zero-order chi connectivity index (χ0) is 17.2. The molecule has 0 saturated carbocycles. The maximum atomic E-state index is 12.8. The standard InChI is InChI=1S/C19H20N4OS/c1-2-15-12-18(21-13-20-15)22-7-9-23(10-8-22)19(24)17-11-14-5-3-4-6-16(14)25-17/h3-6,11-13H,2,7-10H2,1H3. The van der Waals surface area contributed by atoms with Gasteiger partial charge in [-0.2, -0.15) is 0 Å². The third-order valence-corrected chi connectivity index (χ3v) is 5.70. The maximum Gasteiger partial charge on any atom is 0.264 e. The summed E-state index contributed by atoms with van der Waals surface area (Å²) in [5.41, 5.74) is 1.05. The Hall–Kier alpha value is -2.47. The molecule has 0 bridgehead atoms. The number of aryl methyl sites for hydroxylation is 1. The van der Waals surface area contributed by atoms with Crippen molar-refractivity contribution in [3.8, 4) is 0 Å². The normalized spacial score (nSPS) is 14.9. The van der Waals surface area contributed by atoms with E-state index in [4.69, 9.17) is 0 Å². The molecule has 0 N–H and O–H groups in total. The van der Waals surface area contributed by atoms with E-state index in [0.29, 0.717) is 0 Å². The smallest absolute Gasteiger partial charge is 0.264 e. The highest BCUT2D eigenvalue weighted by Crippen LogP contribution is 2.26. The van der Waals surface area contributed by atoms with Crippen molar-refractivity contribution in [3.05, 3.63) is 53.3 Å². The molecule has 0 atom stereocenters. The summed E-state index contributed by atoms with van der Waals surface area (Å²) >= 11 is 1.58. The molecule has 128 valence electrons. The number of rotatable bonds is 3. The van der Waals surface area contributed by atoms with Crippen molar-refractivity contribution < 1.29 is 4.79 Å². The number of thiophene rings is 1. The number of aromatic nitrogens is 2. The Morgan fingerprint density at radius 2 is 1.92 bits per heavy atom. The van der Waals surface area contributed by atoms with Gasteiger partial charge in [0.25, 0.3) is 5.91 Å². The minimum absolute atomic E-state index is 0.137. The molecule has 5 nitrogen and oxygen atoms in total. The molecule has 1 saturated heterocycles. The van der Waals surface area contributed by atoms with Crippen LogP contribution in [-0.4, -0.2) is 47.0 Å². The van der Waals surface area contributed by atoms with Gasteiger partial charge in [0.15, 0.2) is 0 Å². The van der Waals surface area contributed by atoms with Gasteiger partial charge in [-0.1, -0.05) is 25.1 Å². The van der Waals surface area contributed by atoms with Crippen LogP contribution in [-0.2, 0) is 6.42 Å². The van der Waals surface area contributed by atoms with Gasteiger partial charge >= 0.3 is 0 Å².